The normalized spacial score (nSPS) is 15.9. The van der Waals surface area contributed by atoms with Gasteiger partial charge < -0.3 is 15.3 Å². The van der Waals surface area contributed by atoms with Gasteiger partial charge in [-0.15, -0.1) is 0 Å². The Morgan fingerprint density at radius 2 is 2.17 bits per heavy atom. The number of aromatic nitrogens is 2. The van der Waals surface area contributed by atoms with Gasteiger partial charge in [-0.2, -0.15) is 0 Å². The zero-order valence-electron chi connectivity index (χ0n) is 11.0. The van der Waals surface area contributed by atoms with Gasteiger partial charge in [0.05, 0.1) is 6.61 Å². The largest absolute Gasteiger partial charge is 0.395 e. The van der Waals surface area contributed by atoms with Crippen LogP contribution >= 0.6 is 0 Å². The molecule has 2 N–H and O–H groups in total. The van der Waals surface area contributed by atoms with Crippen LogP contribution in [0.2, 0.25) is 0 Å². The number of hydrogen-bond acceptors (Lipinski definition) is 5. The van der Waals surface area contributed by atoms with E-state index in [1.165, 1.54) is 25.7 Å². The average Bonchev–Trinajstić information content (AvgIpc) is 2.90. The van der Waals surface area contributed by atoms with E-state index in [4.69, 9.17) is 0 Å². The second-order valence-corrected chi connectivity index (χ2v) is 4.65. The summed E-state index contributed by atoms with van der Waals surface area (Å²) in [5, 5.41) is 12.4. The highest BCUT2D eigenvalue weighted by Gasteiger charge is 2.23. The predicted molar refractivity (Wildman–Crippen MR) is 72.9 cm³/mol. The lowest BCUT2D eigenvalue weighted by Crippen LogP contribution is -2.36. The number of nitrogens with zero attached hydrogens (tertiary/aromatic N) is 3. The van der Waals surface area contributed by atoms with Gasteiger partial charge in [0.25, 0.3) is 0 Å². The highest BCUT2D eigenvalue weighted by molar-refractivity contribution is 5.49. The third kappa shape index (κ3) is 3.10. The molecule has 1 fully saturated rings. The Morgan fingerprint density at radius 1 is 1.39 bits per heavy atom. The Morgan fingerprint density at radius 3 is 2.83 bits per heavy atom. The number of aliphatic hydroxyl groups is 1. The van der Waals surface area contributed by atoms with Gasteiger partial charge in [-0.1, -0.05) is 12.8 Å². The zero-order valence-corrected chi connectivity index (χ0v) is 11.0. The van der Waals surface area contributed by atoms with Gasteiger partial charge in [0.15, 0.2) is 0 Å². The van der Waals surface area contributed by atoms with E-state index < -0.39 is 0 Å². The van der Waals surface area contributed by atoms with E-state index in [2.05, 4.69) is 20.2 Å². The van der Waals surface area contributed by atoms with Crippen molar-refractivity contribution in [3.63, 3.8) is 0 Å². The molecular weight excluding hydrogens is 228 g/mol. The van der Waals surface area contributed by atoms with E-state index in [0.717, 1.165) is 18.2 Å². The predicted octanol–water partition coefficient (Wildman–Crippen LogP) is 1.65. The van der Waals surface area contributed by atoms with Crippen molar-refractivity contribution in [2.75, 3.05) is 29.9 Å². The molecule has 0 bridgehead atoms. The van der Waals surface area contributed by atoms with Gasteiger partial charge in [0.1, 0.15) is 18.0 Å². The van der Waals surface area contributed by atoms with Gasteiger partial charge in [-0.05, 0) is 19.8 Å². The van der Waals surface area contributed by atoms with Crippen molar-refractivity contribution in [1.82, 2.24) is 9.97 Å². The molecular formula is C13H22N4O. The number of anilines is 2. The molecule has 1 heterocycles. The first-order valence-corrected chi connectivity index (χ1v) is 6.78. The summed E-state index contributed by atoms with van der Waals surface area (Å²) in [5.41, 5.74) is 0. The summed E-state index contributed by atoms with van der Waals surface area (Å²) in [6.07, 6.45) is 6.53. The van der Waals surface area contributed by atoms with E-state index in [9.17, 15) is 5.11 Å². The summed E-state index contributed by atoms with van der Waals surface area (Å²) in [7, 11) is 0. The Labute approximate surface area is 108 Å². The van der Waals surface area contributed by atoms with Crippen LogP contribution in [0.3, 0.4) is 0 Å². The van der Waals surface area contributed by atoms with Crippen molar-refractivity contribution in [1.29, 1.82) is 0 Å². The second kappa shape index (κ2) is 6.54. The molecule has 0 amide bonds. The van der Waals surface area contributed by atoms with E-state index in [-0.39, 0.29) is 6.61 Å². The van der Waals surface area contributed by atoms with Crippen molar-refractivity contribution < 1.29 is 5.11 Å². The Balaban J connectivity index is 2.15. The molecule has 5 heteroatoms. The van der Waals surface area contributed by atoms with Gasteiger partial charge >= 0.3 is 0 Å². The quantitative estimate of drug-likeness (QED) is 0.804. The second-order valence-electron chi connectivity index (χ2n) is 4.65. The summed E-state index contributed by atoms with van der Waals surface area (Å²) in [5.74, 6) is 1.77. The van der Waals surface area contributed by atoms with Crippen LogP contribution in [0, 0.1) is 0 Å². The number of nitrogens with one attached hydrogen (secondary N) is 1. The maximum Gasteiger partial charge on any atom is 0.134 e. The Bertz CT molecular complexity index is 366. The highest BCUT2D eigenvalue weighted by Crippen LogP contribution is 2.27. The Kier molecular flexibility index (Phi) is 4.75. The molecule has 5 nitrogen and oxygen atoms in total. The molecule has 1 aromatic heterocycles. The molecule has 2 rings (SSSR count). The molecule has 1 aliphatic carbocycles. The summed E-state index contributed by atoms with van der Waals surface area (Å²) in [4.78, 5) is 10.8. The van der Waals surface area contributed by atoms with Crippen molar-refractivity contribution in [2.24, 2.45) is 0 Å². The lowest BCUT2D eigenvalue weighted by Gasteiger charge is -2.29. The molecule has 0 aromatic carbocycles. The highest BCUT2D eigenvalue weighted by atomic mass is 16.3. The van der Waals surface area contributed by atoms with E-state index in [1.807, 2.05) is 13.0 Å². The smallest absolute Gasteiger partial charge is 0.134 e. The van der Waals surface area contributed by atoms with Gasteiger partial charge in [-0.3, -0.25) is 0 Å². The Hall–Kier alpha value is -1.36. The first-order valence-electron chi connectivity index (χ1n) is 6.78. The van der Waals surface area contributed by atoms with Gasteiger partial charge in [0.2, 0.25) is 0 Å². The van der Waals surface area contributed by atoms with E-state index in [0.29, 0.717) is 12.6 Å². The summed E-state index contributed by atoms with van der Waals surface area (Å²) < 4.78 is 0. The molecule has 0 radical (unpaired) electrons. The summed E-state index contributed by atoms with van der Waals surface area (Å²) in [6, 6.07) is 2.49. The van der Waals surface area contributed by atoms with Crippen LogP contribution in [0.5, 0.6) is 0 Å². The number of rotatable bonds is 6. The molecule has 18 heavy (non-hydrogen) atoms. The molecule has 0 aliphatic heterocycles. The third-order valence-electron chi connectivity index (χ3n) is 3.41. The minimum Gasteiger partial charge on any atom is -0.395 e. The standard InChI is InChI=1S/C13H22N4O/c1-2-14-12-9-13(16-10-15-12)17(7-8-18)11-5-3-4-6-11/h9-11,18H,2-8H2,1H3,(H,14,15,16). The molecule has 0 atom stereocenters. The van der Waals surface area contributed by atoms with Crippen LogP contribution in [0.25, 0.3) is 0 Å². The fraction of sp³-hybridized carbons (Fsp3) is 0.692. The van der Waals surface area contributed by atoms with Crippen LogP contribution < -0.4 is 10.2 Å². The van der Waals surface area contributed by atoms with Crippen molar-refractivity contribution in [2.45, 2.75) is 38.6 Å². The van der Waals surface area contributed by atoms with Crippen molar-refractivity contribution in [3.8, 4) is 0 Å². The van der Waals surface area contributed by atoms with Crippen molar-refractivity contribution >= 4 is 11.6 Å². The van der Waals surface area contributed by atoms with E-state index >= 15 is 0 Å². The number of hydrogen-bond donors (Lipinski definition) is 2. The first kappa shape index (κ1) is 13.1. The van der Waals surface area contributed by atoms with Gasteiger partial charge in [0, 0.05) is 25.2 Å². The fourth-order valence-corrected chi connectivity index (χ4v) is 2.59. The topological polar surface area (TPSA) is 61.3 Å². The zero-order chi connectivity index (χ0) is 12.8. The van der Waals surface area contributed by atoms with Crippen LogP contribution in [-0.2, 0) is 0 Å². The third-order valence-corrected chi connectivity index (χ3v) is 3.41. The molecule has 1 saturated carbocycles. The SMILES string of the molecule is CCNc1cc(N(CCO)C2CCCC2)ncn1. The minimum absolute atomic E-state index is 0.164. The summed E-state index contributed by atoms with van der Waals surface area (Å²) in [6.45, 7) is 3.70. The van der Waals surface area contributed by atoms with Crippen LogP contribution in [0.1, 0.15) is 32.6 Å². The first-order chi connectivity index (χ1) is 8.85. The molecule has 1 aliphatic rings. The molecule has 100 valence electrons. The minimum atomic E-state index is 0.164. The summed E-state index contributed by atoms with van der Waals surface area (Å²) >= 11 is 0. The number of aliphatic hydroxyl groups excluding tert-OH is 1. The van der Waals surface area contributed by atoms with Crippen LogP contribution in [0.4, 0.5) is 11.6 Å². The molecule has 0 saturated heterocycles. The van der Waals surface area contributed by atoms with Crippen molar-refractivity contribution in [3.05, 3.63) is 12.4 Å². The maximum absolute atomic E-state index is 9.23. The van der Waals surface area contributed by atoms with Gasteiger partial charge in [-0.25, -0.2) is 9.97 Å². The monoisotopic (exact) mass is 250 g/mol. The van der Waals surface area contributed by atoms with Crippen LogP contribution in [-0.4, -0.2) is 40.8 Å². The lowest BCUT2D eigenvalue weighted by atomic mass is 10.2. The molecule has 0 spiro atoms. The maximum atomic E-state index is 9.23. The lowest BCUT2D eigenvalue weighted by molar-refractivity contribution is 0.297. The molecule has 1 aromatic rings. The fourth-order valence-electron chi connectivity index (χ4n) is 2.59. The average molecular weight is 250 g/mol. The van der Waals surface area contributed by atoms with E-state index in [1.54, 1.807) is 6.33 Å². The molecule has 0 unspecified atom stereocenters. The van der Waals surface area contributed by atoms with Crippen LogP contribution in [0.15, 0.2) is 12.4 Å².